The Morgan fingerprint density at radius 1 is 1.08 bits per heavy atom. The Labute approximate surface area is 294 Å². The second-order valence-corrected chi connectivity index (χ2v) is 12.2. The predicted molar refractivity (Wildman–Crippen MR) is 174 cm³/mol. The number of ether oxygens (including phenoxy) is 2. The Morgan fingerprint density at radius 2 is 1.77 bits per heavy atom. The summed E-state index contributed by atoms with van der Waals surface area (Å²) in [5.74, 6) is -8.61. The lowest BCUT2D eigenvalue weighted by molar-refractivity contribution is -0.320. The van der Waals surface area contributed by atoms with Gasteiger partial charge in [-0.25, -0.2) is 9.18 Å². The molecule has 3 amide bonds. The minimum atomic E-state index is -3.64. The number of amides is 3. The number of H-pyrrole nitrogens is 1. The number of aliphatic hydroxyl groups excluding tert-OH is 3. The van der Waals surface area contributed by atoms with E-state index in [1.165, 1.54) is 0 Å². The summed E-state index contributed by atoms with van der Waals surface area (Å²) >= 11 is 0. The number of aromatic amines is 1. The molecule has 0 bridgehead atoms. The molecule has 1 fully saturated rings. The summed E-state index contributed by atoms with van der Waals surface area (Å²) in [5.41, 5.74) is 4.31. The van der Waals surface area contributed by atoms with Crippen LogP contribution in [0.4, 0.5) is 10.1 Å². The Hall–Kier alpha value is -5.34. The first-order valence-electron chi connectivity index (χ1n) is 16.1. The van der Waals surface area contributed by atoms with Crippen LogP contribution >= 0.6 is 0 Å². The number of anilines is 1. The van der Waals surface area contributed by atoms with Crippen molar-refractivity contribution < 1.29 is 63.4 Å². The summed E-state index contributed by atoms with van der Waals surface area (Å²) in [6.07, 6.45) is -12.6. The van der Waals surface area contributed by atoms with Gasteiger partial charge in [0.15, 0.2) is 6.17 Å². The van der Waals surface area contributed by atoms with Gasteiger partial charge in [-0.15, -0.1) is 5.10 Å². The number of halogens is 1. The lowest BCUT2D eigenvalue weighted by Crippen LogP contribution is -2.72. The molecule has 1 saturated heterocycles. The molecular formula is C33H37FN6O12. The summed E-state index contributed by atoms with van der Waals surface area (Å²) in [4.78, 5) is 63.0. The SMILES string of the molecule is CC(=O)N[C@H]1[C@H]([C@H](O)[C@H](O)COC(=O)CCC(=O)NCCC(=O)N2Cc3ccccc3-c3[nH]nnc3-c3ccccc32)OC(O)(C(=O)O)C(F)[C@@H]1O. The molecule has 0 saturated carbocycles. The van der Waals surface area contributed by atoms with E-state index in [1.54, 1.807) is 17.0 Å². The largest absolute Gasteiger partial charge is 0.477 e. The number of nitrogens with zero attached hydrogens (tertiary/aromatic N) is 3. The summed E-state index contributed by atoms with van der Waals surface area (Å²) in [7, 11) is 0. The smallest absolute Gasteiger partial charge is 0.367 e. The van der Waals surface area contributed by atoms with Gasteiger partial charge in [-0.1, -0.05) is 47.7 Å². The van der Waals surface area contributed by atoms with E-state index in [2.05, 4.69) is 26.0 Å². The van der Waals surface area contributed by atoms with Gasteiger partial charge in [0.05, 0.1) is 30.4 Å². The zero-order valence-corrected chi connectivity index (χ0v) is 27.6. The molecule has 19 heteroatoms. The van der Waals surface area contributed by atoms with Crippen molar-refractivity contribution in [2.45, 2.75) is 75.1 Å². The minimum absolute atomic E-state index is 0.0573. The fourth-order valence-electron chi connectivity index (χ4n) is 6.02. The molecule has 0 spiro atoms. The zero-order valence-electron chi connectivity index (χ0n) is 27.6. The van der Waals surface area contributed by atoms with Crippen LogP contribution in [0.1, 0.15) is 31.7 Å². The molecule has 2 aliphatic heterocycles. The van der Waals surface area contributed by atoms with E-state index in [-0.39, 0.29) is 31.8 Å². The topological polar surface area (TPSA) is 274 Å². The van der Waals surface area contributed by atoms with Crippen LogP contribution in [0.5, 0.6) is 0 Å². The molecule has 7 atom stereocenters. The number of aromatic nitrogens is 3. The quantitative estimate of drug-likeness (QED) is 0.103. The molecule has 278 valence electrons. The summed E-state index contributed by atoms with van der Waals surface area (Å²) in [5, 5.41) is 66.5. The van der Waals surface area contributed by atoms with Crippen molar-refractivity contribution in [2.24, 2.45) is 0 Å². The number of hydrogen-bond acceptors (Lipinski definition) is 13. The van der Waals surface area contributed by atoms with Crippen molar-refractivity contribution >= 4 is 35.3 Å². The number of nitrogens with one attached hydrogen (secondary N) is 3. The number of para-hydroxylation sites is 1. The molecule has 52 heavy (non-hydrogen) atoms. The first-order chi connectivity index (χ1) is 24.7. The van der Waals surface area contributed by atoms with Crippen LogP contribution in [-0.2, 0) is 40.0 Å². The molecule has 2 aromatic carbocycles. The Kier molecular flexibility index (Phi) is 11.6. The Bertz CT molecular complexity index is 1820. The maximum absolute atomic E-state index is 14.6. The molecule has 5 rings (SSSR count). The van der Waals surface area contributed by atoms with Crippen LogP contribution in [0.2, 0.25) is 0 Å². The second kappa shape index (κ2) is 15.9. The third-order valence-electron chi connectivity index (χ3n) is 8.67. The first-order valence-corrected chi connectivity index (χ1v) is 16.1. The highest BCUT2D eigenvalue weighted by molar-refractivity contribution is 6.00. The molecule has 8 N–H and O–H groups in total. The number of carbonyl (C=O) groups excluding carboxylic acids is 4. The van der Waals surface area contributed by atoms with Gasteiger partial charge in [0.25, 0.3) is 0 Å². The third kappa shape index (κ3) is 7.92. The molecule has 18 nitrogen and oxygen atoms in total. The monoisotopic (exact) mass is 728 g/mol. The average molecular weight is 729 g/mol. The van der Waals surface area contributed by atoms with Crippen LogP contribution in [-0.4, -0.2) is 126 Å². The number of fused-ring (bicyclic) bond motifs is 5. The lowest BCUT2D eigenvalue weighted by atomic mass is 9.87. The van der Waals surface area contributed by atoms with E-state index >= 15 is 0 Å². The van der Waals surface area contributed by atoms with Crippen molar-refractivity contribution in [3.05, 3.63) is 54.1 Å². The van der Waals surface area contributed by atoms with Gasteiger partial charge in [-0.2, -0.15) is 0 Å². The number of aliphatic carboxylic acids is 1. The number of aliphatic hydroxyl groups is 4. The Balaban J connectivity index is 1.11. The van der Waals surface area contributed by atoms with Crippen molar-refractivity contribution in [2.75, 3.05) is 18.1 Å². The average Bonchev–Trinajstić information content (AvgIpc) is 3.60. The van der Waals surface area contributed by atoms with Crippen molar-refractivity contribution in [3.63, 3.8) is 0 Å². The van der Waals surface area contributed by atoms with Gasteiger partial charge in [-0.3, -0.25) is 24.3 Å². The van der Waals surface area contributed by atoms with E-state index in [9.17, 15) is 53.9 Å². The fraction of sp³-hybridized carbons (Fsp3) is 0.424. The van der Waals surface area contributed by atoms with Gasteiger partial charge in [0.1, 0.15) is 36.7 Å². The van der Waals surface area contributed by atoms with E-state index in [0.717, 1.165) is 23.7 Å². The van der Waals surface area contributed by atoms with Crippen LogP contribution in [0.25, 0.3) is 22.5 Å². The zero-order chi connectivity index (χ0) is 37.7. The van der Waals surface area contributed by atoms with Crippen molar-refractivity contribution in [1.29, 1.82) is 0 Å². The molecule has 3 aromatic rings. The maximum atomic E-state index is 14.6. The third-order valence-corrected chi connectivity index (χ3v) is 8.67. The highest BCUT2D eigenvalue weighted by Crippen LogP contribution is 2.40. The summed E-state index contributed by atoms with van der Waals surface area (Å²) < 4.78 is 24.3. The number of carboxylic acid groups (broad SMARTS) is 1. The van der Waals surface area contributed by atoms with Gasteiger partial charge in [0, 0.05) is 37.4 Å². The predicted octanol–water partition coefficient (Wildman–Crippen LogP) is -1.09. The first kappa shape index (κ1) is 37.9. The van der Waals surface area contributed by atoms with Gasteiger partial charge in [-0.05, 0) is 11.6 Å². The summed E-state index contributed by atoms with van der Waals surface area (Å²) in [6, 6.07) is 13.0. The van der Waals surface area contributed by atoms with Crippen LogP contribution in [0.3, 0.4) is 0 Å². The molecule has 0 aliphatic carbocycles. The van der Waals surface area contributed by atoms with Gasteiger partial charge < -0.3 is 50.5 Å². The van der Waals surface area contributed by atoms with E-state index < -0.39 is 79.2 Å². The maximum Gasteiger partial charge on any atom is 0.367 e. The minimum Gasteiger partial charge on any atom is -0.477 e. The number of alkyl halides is 1. The molecule has 0 radical (unpaired) electrons. The summed E-state index contributed by atoms with van der Waals surface area (Å²) in [6.45, 7) is 0.220. The number of carboxylic acids is 1. The van der Waals surface area contributed by atoms with Gasteiger partial charge in [0.2, 0.25) is 17.7 Å². The lowest BCUT2D eigenvalue weighted by Gasteiger charge is -2.46. The highest BCUT2D eigenvalue weighted by Gasteiger charge is 2.61. The molecular weight excluding hydrogens is 691 g/mol. The van der Waals surface area contributed by atoms with E-state index in [0.29, 0.717) is 16.9 Å². The molecule has 2 aliphatic rings. The van der Waals surface area contributed by atoms with Gasteiger partial charge >= 0.3 is 17.7 Å². The van der Waals surface area contributed by atoms with Crippen molar-refractivity contribution in [3.8, 4) is 22.5 Å². The Morgan fingerprint density at radius 3 is 2.48 bits per heavy atom. The number of hydrogen-bond donors (Lipinski definition) is 8. The van der Waals surface area contributed by atoms with E-state index in [4.69, 9.17) is 9.47 Å². The van der Waals surface area contributed by atoms with Crippen LogP contribution in [0.15, 0.2) is 48.5 Å². The standard InChI is InChI=1S/C33H37FN6O12/c1-16(41)36-27-29(47)31(34)33(50,32(48)49)52-30(27)28(46)21(42)15-51-24(45)11-10-22(43)35-13-12-23(44)40-14-17-6-2-3-7-18(17)25-26(38-39-37-25)19-8-4-5-9-20(19)40/h2-9,21,27-31,42,46-47,50H,10-15H2,1H3,(H,35,43)(H,36,41)(H,48,49)(H,37,38,39)/t21-,27-,28-,29-,30-,31?,33?/m1/s1. The van der Waals surface area contributed by atoms with Crippen molar-refractivity contribution in [1.82, 2.24) is 26.0 Å². The fourth-order valence-corrected chi connectivity index (χ4v) is 6.02. The number of carbonyl (C=O) groups is 5. The number of esters is 1. The number of benzene rings is 2. The van der Waals surface area contributed by atoms with Crippen LogP contribution < -0.4 is 15.5 Å². The molecule has 2 unspecified atom stereocenters. The normalized spacial score (nSPS) is 23.4. The molecule has 1 aromatic heterocycles. The highest BCUT2D eigenvalue weighted by atomic mass is 19.1. The van der Waals surface area contributed by atoms with E-state index in [1.807, 2.05) is 36.4 Å². The second-order valence-electron chi connectivity index (χ2n) is 12.2. The van der Waals surface area contributed by atoms with Crippen LogP contribution in [0, 0.1) is 0 Å². The number of rotatable bonds is 12. The molecule has 3 heterocycles.